The molecule has 0 heterocycles. The number of Topliss-reactive ketones (excluding diaryl/α,β-unsaturated/α-hetero) is 1. The number of benzene rings is 1. The summed E-state index contributed by atoms with van der Waals surface area (Å²) >= 11 is 5.59. The molecule has 0 saturated carbocycles. The monoisotopic (exact) mass is 214 g/mol. The molecule has 0 N–H and O–H groups in total. The van der Waals surface area contributed by atoms with Gasteiger partial charge in [0.15, 0.2) is 0 Å². The van der Waals surface area contributed by atoms with Gasteiger partial charge in [-0.3, -0.25) is 4.79 Å². The molecule has 0 unspecified atom stereocenters. The highest BCUT2D eigenvalue weighted by molar-refractivity contribution is 6.30. The van der Waals surface area contributed by atoms with E-state index in [1.807, 2.05) is 0 Å². The van der Waals surface area contributed by atoms with E-state index in [1.54, 1.807) is 26.0 Å². The third-order valence-corrected chi connectivity index (χ3v) is 2.33. The van der Waals surface area contributed by atoms with E-state index in [-0.39, 0.29) is 23.1 Å². The van der Waals surface area contributed by atoms with Gasteiger partial charge in [-0.25, -0.2) is 4.39 Å². The van der Waals surface area contributed by atoms with Crippen molar-refractivity contribution < 1.29 is 9.18 Å². The smallest absolute Gasteiger partial charge is 0.145 e. The van der Waals surface area contributed by atoms with Gasteiger partial charge in [-0.2, -0.15) is 0 Å². The third kappa shape index (κ3) is 2.55. The zero-order valence-corrected chi connectivity index (χ0v) is 8.94. The molecule has 0 aliphatic carbocycles. The molecular formula is C11H12ClFO. The molecule has 14 heavy (non-hydrogen) atoms. The summed E-state index contributed by atoms with van der Waals surface area (Å²) in [6, 6.07) is 4.70. The second kappa shape index (κ2) is 4.56. The highest BCUT2D eigenvalue weighted by atomic mass is 35.5. The van der Waals surface area contributed by atoms with Crippen LogP contribution in [0.2, 0.25) is 5.02 Å². The fourth-order valence-electron chi connectivity index (χ4n) is 1.08. The summed E-state index contributed by atoms with van der Waals surface area (Å²) < 4.78 is 13.3. The van der Waals surface area contributed by atoms with Crippen LogP contribution in [0.5, 0.6) is 0 Å². The maximum atomic E-state index is 13.3. The molecule has 1 rings (SSSR count). The molecule has 1 nitrogen and oxygen atoms in total. The summed E-state index contributed by atoms with van der Waals surface area (Å²) in [7, 11) is 0. The van der Waals surface area contributed by atoms with Gasteiger partial charge in [-0.05, 0) is 11.6 Å². The lowest BCUT2D eigenvalue weighted by Gasteiger charge is -2.05. The van der Waals surface area contributed by atoms with Crippen molar-refractivity contribution in [3.63, 3.8) is 0 Å². The van der Waals surface area contributed by atoms with Crippen LogP contribution in [-0.2, 0) is 11.2 Å². The van der Waals surface area contributed by atoms with E-state index in [0.717, 1.165) is 0 Å². The Balaban J connectivity index is 2.87. The SMILES string of the molecule is CC(C)C(=O)Cc1cccc(Cl)c1F. The molecule has 0 spiro atoms. The van der Waals surface area contributed by atoms with Crippen LogP contribution in [0.25, 0.3) is 0 Å². The summed E-state index contributed by atoms with van der Waals surface area (Å²) in [5.41, 5.74) is 0.371. The van der Waals surface area contributed by atoms with Gasteiger partial charge in [-0.15, -0.1) is 0 Å². The Morgan fingerprint density at radius 3 is 2.71 bits per heavy atom. The van der Waals surface area contributed by atoms with Crippen molar-refractivity contribution in [1.29, 1.82) is 0 Å². The second-order valence-corrected chi connectivity index (χ2v) is 3.92. The standard InChI is InChI=1S/C11H12ClFO/c1-7(2)10(14)6-8-4-3-5-9(12)11(8)13/h3-5,7H,6H2,1-2H3. The molecule has 0 fully saturated rings. The van der Waals surface area contributed by atoms with Gasteiger partial charge in [0.1, 0.15) is 11.6 Å². The molecule has 0 aliphatic heterocycles. The maximum Gasteiger partial charge on any atom is 0.145 e. The number of hydrogen-bond donors (Lipinski definition) is 0. The molecule has 1 aromatic carbocycles. The van der Waals surface area contributed by atoms with Gasteiger partial charge in [0.2, 0.25) is 0 Å². The third-order valence-electron chi connectivity index (χ3n) is 2.04. The van der Waals surface area contributed by atoms with Gasteiger partial charge in [0.25, 0.3) is 0 Å². The molecule has 0 saturated heterocycles. The Labute approximate surface area is 87.9 Å². The normalized spacial score (nSPS) is 10.6. The highest BCUT2D eigenvalue weighted by Gasteiger charge is 2.12. The Bertz CT molecular complexity index is 347. The lowest BCUT2D eigenvalue weighted by atomic mass is 10.0. The van der Waals surface area contributed by atoms with Crippen molar-refractivity contribution in [1.82, 2.24) is 0 Å². The van der Waals surface area contributed by atoms with E-state index in [2.05, 4.69) is 0 Å². The van der Waals surface area contributed by atoms with Crippen LogP contribution in [0.1, 0.15) is 19.4 Å². The molecule has 0 aliphatic rings. The number of ketones is 1. The van der Waals surface area contributed by atoms with Crippen LogP contribution < -0.4 is 0 Å². The average molecular weight is 215 g/mol. The first-order valence-electron chi connectivity index (χ1n) is 4.48. The summed E-state index contributed by atoms with van der Waals surface area (Å²) in [6.07, 6.45) is 0.115. The number of halogens is 2. The molecule has 3 heteroatoms. The molecule has 0 amide bonds. The topological polar surface area (TPSA) is 17.1 Å². The highest BCUT2D eigenvalue weighted by Crippen LogP contribution is 2.19. The molecular weight excluding hydrogens is 203 g/mol. The average Bonchev–Trinajstić information content (AvgIpc) is 2.12. The molecule has 76 valence electrons. The number of rotatable bonds is 3. The van der Waals surface area contributed by atoms with Crippen molar-refractivity contribution >= 4 is 17.4 Å². The van der Waals surface area contributed by atoms with E-state index in [9.17, 15) is 9.18 Å². The maximum absolute atomic E-state index is 13.3. The van der Waals surface area contributed by atoms with Crippen LogP contribution in [0.3, 0.4) is 0 Å². The minimum atomic E-state index is -0.483. The largest absolute Gasteiger partial charge is 0.299 e. The Morgan fingerprint density at radius 2 is 2.14 bits per heavy atom. The van der Waals surface area contributed by atoms with Gasteiger partial charge in [0.05, 0.1) is 5.02 Å². The fourth-order valence-corrected chi connectivity index (χ4v) is 1.27. The van der Waals surface area contributed by atoms with Crippen LogP contribution in [0.15, 0.2) is 18.2 Å². The van der Waals surface area contributed by atoms with Crippen molar-refractivity contribution in [2.75, 3.05) is 0 Å². The fraction of sp³-hybridized carbons (Fsp3) is 0.364. The van der Waals surface area contributed by atoms with E-state index < -0.39 is 5.82 Å². The van der Waals surface area contributed by atoms with Gasteiger partial charge < -0.3 is 0 Å². The van der Waals surface area contributed by atoms with Gasteiger partial charge >= 0.3 is 0 Å². The molecule has 1 aromatic rings. The van der Waals surface area contributed by atoms with Crippen molar-refractivity contribution in [3.05, 3.63) is 34.6 Å². The van der Waals surface area contributed by atoms with Gasteiger partial charge in [0, 0.05) is 12.3 Å². The van der Waals surface area contributed by atoms with E-state index in [1.165, 1.54) is 6.07 Å². The first-order chi connectivity index (χ1) is 6.52. The summed E-state index contributed by atoms with van der Waals surface area (Å²) in [5.74, 6) is -0.539. The van der Waals surface area contributed by atoms with E-state index >= 15 is 0 Å². The quantitative estimate of drug-likeness (QED) is 0.755. The van der Waals surface area contributed by atoms with Crippen LogP contribution in [0.4, 0.5) is 4.39 Å². The van der Waals surface area contributed by atoms with Crippen molar-refractivity contribution in [2.24, 2.45) is 5.92 Å². The Kier molecular flexibility index (Phi) is 3.64. The second-order valence-electron chi connectivity index (χ2n) is 3.51. The van der Waals surface area contributed by atoms with Crippen LogP contribution >= 0.6 is 11.6 Å². The molecule has 0 aromatic heterocycles. The predicted octanol–water partition coefficient (Wildman–Crippen LogP) is 3.25. The first kappa shape index (κ1) is 11.2. The predicted molar refractivity (Wildman–Crippen MR) is 55.0 cm³/mol. The zero-order chi connectivity index (χ0) is 10.7. The Hall–Kier alpha value is -0.890. The summed E-state index contributed by atoms with van der Waals surface area (Å²) in [6.45, 7) is 3.59. The summed E-state index contributed by atoms with van der Waals surface area (Å²) in [4.78, 5) is 11.4. The number of hydrogen-bond acceptors (Lipinski definition) is 1. The molecule has 0 bridgehead atoms. The van der Waals surface area contributed by atoms with Gasteiger partial charge in [-0.1, -0.05) is 37.6 Å². The van der Waals surface area contributed by atoms with E-state index in [0.29, 0.717) is 5.56 Å². The number of carbonyl (C=O) groups is 1. The number of carbonyl (C=O) groups excluding carboxylic acids is 1. The minimum absolute atomic E-state index is 0.0196. The van der Waals surface area contributed by atoms with Crippen LogP contribution in [0, 0.1) is 11.7 Å². The lowest BCUT2D eigenvalue weighted by molar-refractivity contribution is -0.121. The summed E-state index contributed by atoms with van der Waals surface area (Å²) in [5, 5.41) is 0.0686. The Morgan fingerprint density at radius 1 is 1.50 bits per heavy atom. The van der Waals surface area contributed by atoms with E-state index in [4.69, 9.17) is 11.6 Å². The molecule has 0 atom stereocenters. The molecule has 0 radical (unpaired) electrons. The first-order valence-corrected chi connectivity index (χ1v) is 4.85. The minimum Gasteiger partial charge on any atom is -0.299 e. The van der Waals surface area contributed by atoms with Crippen molar-refractivity contribution in [3.8, 4) is 0 Å². The van der Waals surface area contributed by atoms with Crippen LogP contribution in [-0.4, -0.2) is 5.78 Å². The van der Waals surface area contributed by atoms with Crippen molar-refractivity contribution in [2.45, 2.75) is 20.3 Å². The lowest BCUT2D eigenvalue weighted by Crippen LogP contribution is -2.11. The zero-order valence-electron chi connectivity index (χ0n) is 8.18.